The van der Waals surface area contributed by atoms with Gasteiger partial charge in [0.1, 0.15) is 0 Å². The highest BCUT2D eigenvalue weighted by atomic mass is 32.1. The summed E-state index contributed by atoms with van der Waals surface area (Å²) in [5, 5.41) is 8.51. The van der Waals surface area contributed by atoms with Gasteiger partial charge in [0, 0.05) is 0 Å². The van der Waals surface area contributed by atoms with Crippen molar-refractivity contribution in [2.45, 2.75) is 25.0 Å². The van der Waals surface area contributed by atoms with Crippen molar-refractivity contribution in [3.05, 3.63) is 0 Å². The second-order valence-electron chi connectivity index (χ2n) is 2.08. The second kappa shape index (κ2) is 3.05. The van der Waals surface area contributed by atoms with Crippen LogP contribution >= 0.6 is 12.6 Å². The minimum atomic E-state index is -1.49. The van der Waals surface area contributed by atoms with Crippen molar-refractivity contribution in [2.24, 2.45) is 0 Å². The number of ketones is 1. The van der Waals surface area contributed by atoms with Gasteiger partial charge in [0.05, 0.1) is 0 Å². The van der Waals surface area contributed by atoms with Crippen molar-refractivity contribution in [1.82, 2.24) is 0 Å². The molecule has 1 unspecified atom stereocenters. The van der Waals surface area contributed by atoms with Gasteiger partial charge in [-0.1, -0.05) is 6.92 Å². The summed E-state index contributed by atoms with van der Waals surface area (Å²) in [6.07, 6.45) is 0.209. The number of rotatable bonds is 3. The van der Waals surface area contributed by atoms with Gasteiger partial charge in [-0.15, -0.1) is 0 Å². The van der Waals surface area contributed by atoms with E-state index in [0.717, 1.165) is 0 Å². The average molecular weight is 162 g/mol. The van der Waals surface area contributed by atoms with Crippen LogP contribution in [0.1, 0.15) is 20.3 Å². The molecular weight excluding hydrogens is 152 g/mol. The number of hydrogen-bond acceptors (Lipinski definition) is 3. The molecule has 0 aromatic heterocycles. The minimum absolute atomic E-state index is 0.209. The molecule has 0 spiro atoms. The number of carboxylic acids is 1. The number of carboxylic acid groups (broad SMARTS) is 1. The van der Waals surface area contributed by atoms with E-state index in [1.807, 2.05) is 0 Å². The van der Waals surface area contributed by atoms with Gasteiger partial charge in [-0.3, -0.25) is 9.59 Å². The van der Waals surface area contributed by atoms with E-state index in [1.54, 1.807) is 6.92 Å². The van der Waals surface area contributed by atoms with E-state index in [9.17, 15) is 9.59 Å². The molecule has 3 nitrogen and oxygen atoms in total. The van der Waals surface area contributed by atoms with Gasteiger partial charge in [-0.25, -0.2) is 0 Å². The van der Waals surface area contributed by atoms with Crippen molar-refractivity contribution in [3.8, 4) is 0 Å². The number of thiol groups is 1. The molecule has 0 radical (unpaired) electrons. The highest BCUT2D eigenvalue weighted by Gasteiger charge is 2.37. The molecule has 0 aromatic rings. The van der Waals surface area contributed by atoms with Crippen LogP contribution in [0.15, 0.2) is 0 Å². The average Bonchev–Trinajstić information content (AvgIpc) is 1.85. The molecule has 0 rings (SSSR count). The van der Waals surface area contributed by atoms with Crippen LogP contribution in [0, 0.1) is 0 Å². The van der Waals surface area contributed by atoms with Crippen LogP contribution in [-0.2, 0) is 9.59 Å². The lowest BCUT2D eigenvalue weighted by atomic mass is 10.0. The molecule has 4 heteroatoms. The van der Waals surface area contributed by atoms with E-state index in [2.05, 4.69) is 12.6 Å². The Labute approximate surface area is 64.8 Å². The summed E-state index contributed by atoms with van der Waals surface area (Å²) in [6.45, 7) is 2.84. The fourth-order valence-corrected chi connectivity index (χ4v) is 0.551. The van der Waals surface area contributed by atoms with E-state index < -0.39 is 16.5 Å². The van der Waals surface area contributed by atoms with Crippen LogP contribution in [0.25, 0.3) is 0 Å². The van der Waals surface area contributed by atoms with Gasteiger partial charge in [-0.2, -0.15) is 12.6 Å². The molecule has 1 N–H and O–H groups in total. The molecule has 0 aliphatic carbocycles. The normalized spacial score (nSPS) is 15.9. The lowest BCUT2D eigenvalue weighted by Gasteiger charge is -2.17. The van der Waals surface area contributed by atoms with Crippen molar-refractivity contribution in [1.29, 1.82) is 0 Å². The van der Waals surface area contributed by atoms with Crippen LogP contribution in [0.4, 0.5) is 0 Å². The Balaban J connectivity index is 4.55. The van der Waals surface area contributed by atoms with Crippen LogP contribution in [0.5, 0.6) is 0 Å². The first kappa shape index (κ1) is 9.49. The number of carbonyl (C=O) groups is 2. The monoisotopic (exact) mass is 162 g/mol. The van der Waals surface area contributed by atoms with E-state index in [0.29, 0.717) is 0 Å². The smallest absolute Gasteiger partial charge is 0.327 e. The number of Topliss-reactive ketones (excluding diaryl/α,β-unsaturated/α-hetero) is 1. The summed E-state index contributed by atoms with van der Waals surface area (Å²) >= 11 is 3.76. The molecule has 0 amide bonds. The Morgan fingerprint density at radius 1 is 1.60 bits per heavy atom. The van der Waals surface area contributed by atoms with Gasteiger partial charge in [0.2, 0.25) is 0 Å². The molecule has 0 aliphatic heterocycles. The molecule has 0 saturated carbocycles. The van der Waals surface area contributed by atoms with Crippen molar-refractivity contribution >= 4 is 24.4 Å². The maximum atomic E-state index is 10.7. The van der Waals surface area contributed by atoms with E-state index in [4.69, 9.17) is 5.11 Å². The van der Waals surface area contributed by atoms with Crippen LogP contribution in [-0.4, -0.2) is 21.6 Å². The number of aliphatic carboxylic acids is 1. The molecule has 0 heterocycles. The first-order valence-corrected chi connectivity index (χ1v) is 3.36. The van der Waals surface area contributed by atoms with E-state index in [1.165, 1.54) is 6.92 Å². The Bertz CT molecular complexity index is 150. The quantitative estimate of drug-likeness (QED) is 0.475. The maximum Gasteiger partial charge on any atom is 0.327 e. The minimum Gasteiger partial charge on any atom is -0.480 e. The van der Waals surface area contributed by atoms with Gasteiger partial charge in [0.25, 0.3) is 0 Å². The van der Waals surface area contributed by atoms with Crippen molar-refractivity contribution in [3.63, 3.8) is 0 Å². The summed E-state index contributed by atoms with van der Waals surface area (Å²) < 4.78 is -1.49. The van der Waals surface area contributed by atoms with Gasteiger partial charge in [-0.05, 0) is 13.3 Å². The van der Waals surface area contributed by atoms with Gasteiger partial charge < -0.3 is 5.11 Å². The molecular formula is C6H10O3S. The highest BCUT2D eigenvalue weighted by molar-refractivity contribution is 7.83. The third-order valence-corrected chi connectivity index (χ3v) is 2.27. The predicted octanol–water partition coefficient (Wildman–Crippen LogP) is 0.739. The predicted molar refractivity (Wildman–Crippen MR) is 40.3 cm³/mol. The van der Waals surface area contributed by atoms with Crippen LogP contribution < -0.4 is 0 Å². The Hall–Kier alpha value is -0.510. The fourth-order valence-electron chi connectivity index (χ4n) is 0.551. The zero-order valence-corrected chi connectivity index (χ0v) is 6.81. The molecule has 10 heavy (non-hydrogen) atoms. The summed E-state index contributed by atoms with van der Waals surface area (Å²) in [5.74, 6) is -1.60. The Morgan fingerprint density at radius 3 is 2.00 bits per heavy atom. The summed E-state index contributed by atoms with van der Waals surface area (Å²) in [6, 6.07) is 0. The zero-order valence-electron chi connectivity index (χ0n) is 5.92. The third kappa shape index (κ3) is 1.50. The number of hydrogen-bond donors (Lipinski definition) is 2. The molecule has 0 saturated heterocycles. The van der Waals surface area contributed by atoms with E-state index >= 15 is 0 Å². The Morgan fingerprint density at radius 2 is 2.00 bits per heavy atom. The summed E-state index contributed by atoms with van der Waals surface area (Å²) in [5.41, 5.74) is 0. The molecule has 58 valence electrons. The van der Waals surface area contributed by atoms with Gasteiger partial charge >= 0.3 is 5.97 Å². The first-order chi connectivity index (χ1) is 4.45. The van der Waals surface area contributed by atoms with Crippen LogP contribution in [0.2, 0.25) is 0 Å². The van der Waals surface area contributed by atoms with Crippen LogP contribution in [0.3, 0.4) is 0 Å². The standard InChI is InChI=1S/C6H10O3S/c1-3-6(10,4(2)7)5(8)9/h10H,3H2,1-2H3,(H,8,9). The summed E-state index contributed by atoms with van der Waals surface area (Å²) in [4.78, 5) is 21.1. The van der Waals surface area contributed by atoms with E-state index in [-0.39, 0.29) is 6.42 Å². The SMILES string of the molecule is CCC(S)(C(C)=O)C(=O)O. The Kier molecular flexibility index (Phi) is 2.90. The fraction of sp³-hybridized carbons (Fsp3) is 0.667. The molecule has 0 aliphatic rings. The molecule has 1 atom stereocenters. The van der Waals surface area contributed by atoms with Gasteiger partial charge in [0.15, 0.2) is 10.5 Å². The van der Waals surface area contributed by atoms with Crippen molar-refractivity contribution < 1.29 is 14.7 Å². The first-order valence-electron chi connectivity index (χ1n) is 2.92. The topological polar surface area (TPSA) is 54.4 Å². The zero-order chi connectivity index (χ0) is 8.36. The third-order valence-electron chi connectivity index (χ3n) is 1.45. The summed E-state index contributed by atoms with van der Waals surface area (Å²) in [7, 11) is 0. The molecule has 0 fully saturated rings. The lowest BCUT2D eigenvalue weighted by Crippen LogP contribution is -2.38. The molecule has 0 aromatic carbocycles. The van der Waals surface area contributed by atoms with Crippen molar-refractivity contribution in [2.75, 3.05) is 0 Å². The number of carbonyl (C=O) groups excluding carboxylic acids is 1. The lowest BCUT2D eigenvalue weighted by molar-refractivity contribution is -0.143. The highest BCUT2D eigenvalue weighted by Crippen LogP contribution is 2.20. The second-order valence-corrected chi connectivity index (χ2v) is 2.84. The largest absolute Gasteiger partial charge is 0.480 e. The molecule has 0 bridgehead atoms. The maximum absolute atomic E-state index is 10.7.